The van der Waals surface area contributed by atoms with E-state index in [0.29, 0.717) is 25.6 Å². The molecule has 0 unspecified atom stereocenters. The second-order valence-electron chi connectivity index (χ2n) is 8.90. The topological polar surface area (TPSA) is 46.2 Å². The van der Waals surface area contributed by atoms with E-state index in [1.165, 1.54) is 0 Å². The lowest BCUT2D eigenvalue weighted by atomic mass is 9.92. The zero-order valence-corrected chi connectivity index (χ0v) is 20.7. The van der Waals surface area contributed by atoms with Crippen molar-refractivity contribution in [1.82, 2.24) is 0 Å². The van der Waals surface area contributed by atoms with Gasteiger partial charge >= 0.3 is 0 Å². The van der Waals surface area contributed by atoms with Crippen molar-refractivity contribution in [3.05, 3.63) is 97.1 Å². The molecular weight excluding hydrogens is 464 g/mol. The largest absolute Gasteiger partial charge is 0.494 e. The molecule has 37 heavy (non-hydrogen) atoms. The Kier molecular flexibility index (Phi) is 6.53. The zero-order chi connectivity index (χ0) is 25.0. The van der Waals surface area contributed by atoms with Crippen LogP contribution in [0, 0.1) is 0 Å². The van der Waals surface area contributed by atoms with Crippen LogP contribution in [0.15, 0.2) is 97.1 Å². The first-order valence-corrected chi connectivity index (χ1v) is 12.6. The van der Waals surface area contributed by atoms with E-state index in [0.717, 1.165) is 49.9 Å². The van der Waals surface area contributed by atoms with Gasteiger partial charge in [0, 0.05) is 11.1 Å². The minimum atomic E-state index is -0.320. The molecule has 0 atom stereocenters. The van der Waals surface area contributed by atoms with Crippen LogP contribution in [0.2, 0.25) is 0 Å². The molecule has 0 N–H and O–H groups in total. The maximum Gasteiger partial charge on any atom is 0.189 e. The molecule has 1 heterocycles. The maximum atomic E-state index is 6.40. The number of benzene rings is 5. The van der Waals surface area contributed by atoms with Crippen molar-refractivity contribution in [2.45, 2.75) is 13.0 Å². The van der Waals surface area contributed by atoms with Gasteiger partial charge in [0.15, 0.2) is 6.79 Å². The van der Waals surface area contributed by atoms with Crippen LogP contribution in [0.25, 0.3) is 32.7 Å². The van der Waals surface area contributed by atoms with Crippen LogP contribution in [0.3, 0.4) is 0 Å². The number of hydrogen-bond donors (Lipinski definition) is 0. The minimum Gasteiger partial charge on any atom is -0.494 e. The molecule has 0 saturated heterocycles. The Morgan fingerprint density at radius 2 is 1.14 bits per heavy atom. The highest BCUT2D eigenvalue weighted by Gasteiger charge is 2.23. The average molecular weight is 493 g/mol. The van der Waals surface area contributed by atoms with E-state index < -0.39 is 0 Å². The predicted octanol–water partition coefficient (Wildman–Crippen LogP) is 7.25. The van der Waals surface area contributed by atoms with Crippen molar-refractivity contribution in [2.24, 2.45) is 0 Å². The fourth-order valence-corrected chi connectivity index (χ4v) is 4.77. The van der Waals surface area contributed by atoms with Gasteiger partial charge in [0.1, 0.15) is 42.3 Å². The number of fused-ring (bicyclic) bond motifs is 7. The number of ether oxygens (including phenoxy) is 5. The van der Waals surface area contributed by atoms with E-state index in [-0.39, 0.29) is 12.9 Å². The highest BCUT2D eigenvalue weighted by Crippen LogP contribution is 2.46. The molecular formula is C32H28O5. The normalized spacial score (nSPS) is 13.4. The van der Waals surface area contributed by atoms with Crippen LogP contribution >= 0.6 is 0 Å². The summed E-state index contributed by atoms with van der Waals surface area (Å²) in [5, 5.41) is 4.55. The lowest BCUT2D eigenvalue weighted by Crippen LogP contribution is -2.30. The molecule has 0 radical (unpaired) electrons. The Morgan fingerprint density at radius 1 is 0.622 bits per heavy atom. The van der Waals surface area contributed by atoms with E-state index in [4.69, 9.17) is 23.7 Å². The molecule has 6 rings (SSSR count). The van der Waals surface area contributed by atoms with Crippen LogP contribution in [0.5, 0.6) is 23.0 Å². The summed E-state index contributed by atoms with van der Waals surface area (Å²) in [6.45, 7) is 3.35. The molecule has 0 amide bonds. The monoisotopic (exact) mass is 492 g/mol. The van der Waals surface area contributed by atoms with Gasteiger partial charge in [-0.1, -0.05) is 60.7 Å². The smallest absolute Gasteiger partial charge is 0.189 e. The number of rotatable bonds is 6. The van der Waals surface area contributed by atoms with Crippen LogP contribution < -0.4 is 18.9 Å². The molecule has 0 bridgehead atoms. The van der Waals surface area contributed by atoms with Gasteiger partial charge < -0.3 is 23.7 Å². The van der Waals surface area contributed by atoms with Gasteiger partial charge in [0.2, 0.25) is 0 Å². The van der Waals surface area contributed by atoms with Gasteiger partial charge in [-0.3, -0.25) is 0 Å². The highest BCUT2D eigenvalue weighted by molar-refractivity contribution is 6.09. The predicted molar refractivity (Wildman–Crippen MR) is 146 cm³/mol. The number of hydrogen-bond acceptors (Lipinski definition) is 5. The Balaban J connectivity index is 1.30. The van der Waals surface area contributed by atoms with Crippen molar-refractivity contribution in [3.8, 4) is 34.1 Å². The van der Waals surface area contributed by atoms with Crippen LogP contribution in [0.4, 0.5) is 0 Å². The maximum absolute atomic E-state index is 6.40. The molecule has 0 spiro atoms. The molecule has 5 aromatic carbocycles. The summed E-state index contributed by atoms with van der Waals surface area (Å²) >= 11 is 0. The molecule has 0 saturated carbocycles. The summed E-state index contributed by atoms with van der Waals surface area (Å²) in [6, 6.07) is 32.5. The summed E-state index contributed by atoms with van der Waals surface area (Å²) in [4.78, 5) is 0. The lowest BCUT2D eigenvalue weighted by molar-refractivity contribution is -0.0679. The Morgan fingerprint density at radius 3 is 1.68 bits per heavy atom. The Bertz CT molecular complexity index is 1440. The van der Waals surface area contributed by atoms with Gasteiger partial charge in [-0.05, 0) is 64.9 Å². The molecule has 1 aliphatic rings. The van der Waals surface area contributed by atoms with Crippen molar-refractivity contribution in [1.29, 1.82) is 0 Å². The fraction of sp³-hybridized carbons (Fsp3) is 0.188. The summed E-state index contributed by atoms with van der Waals surface area (Å²) in [5.74, 6) is 3.14. The SMILES string of the molecule is CCOc1ccc(OCOC2COc3ccc4ccccc4c3-c3c(ccc4ccccc34)OC2)cc1. The van der Waals surface area contributed by atoms with E-state index in [1.807, 2.05) is 43.3 Å². The molecule has 5 nitrogen and oxygen atoms in total. The molecule has 1 aliphatic heterocycles. The molecule has 0 aliphatic carbocycles. The van der Waals surface area contributed by atoms with Crippen molar-refractivity contribution in [3.63, 3.8) is 0 Å². The first kappa shape index (κ1) is 23.2. The summed E-state index contributed by atoms with van der Waals surface area (Å²) in [7, 11) is 0. The van der Waals surface area contributed by atoms with Crippen LogP contribution in [-0.2, 0) is 4.74 Å². The quantitative estimate of drug-likeness (QED) is 0.234. The highest BCUT2D eigenvalue weighted by atomic mass is 16.7. The van der Waals surface area contributed by atoms with Crippen molar-refractivity contribution >= 4 is 21.5 Å². The van der Waals surface area contributed by atoms with Gasteiger partial charge in [0.25, 0.3) is 0 Å². The van der Waals surface area contributed by atoms with E-state index in [2.05, 4.69) is 60.7 Å². The van der Waals surface area contributed by atoms with Gasteiger partial charge in [-0.25, -0.2) is 0 Å². The van der Waals surface area contributed by atoms with Gasteiger partial charge in [-0.15, -0.1) is 0 Å². The summed E-state index contributed by atoms with van der Waals surface area (Å²) < 4.78 is 30.2. The second kappa shape index (κ2) is 10.4. The van der Waals surface area contributed by atoms with Crippen molar-refractivity contribution in [2.75, 3.05) is 26.6 Å². The molecule has 186 valence electrons. The average Bonchev–Trinajstić information content (AvgIpc) is 3.02. The van der Waals surface area contributed by atoms with E-state index in [9.17, 15) is 0 Å². The fourth-order valence-electron chi connectivity index (χ4n) is 4.77. The Hall–Kier alpha value is -4.22. The first-order valence-electron chi connectivity index (χ1n) is 12.6. The van der Waals surface area contributed by atoms with E-state index >= 15 is 0 Å². The van der Waals surface area contributed by atoms with Crippen LogP contribution in [-0.4, -0.2) is 32.7 Å². The molecule has 0 aromatic heterocycles. The third kappa shape index (κ3) is 4.78. The lowest BCUT2D eigenvalue weighted by Gasteiger charge is -2.18. The molecule has 5 aromatic rings. The third-order valence-corrected chi connectivity index (χ3v) is 6.55. The second-order valence-corrected chi connectivity index (χ2v) is 8.90. The summed E-state index contributed by atoms with van der Waals surface area (Å²) in [6.07, 6.45) is -0.320. The standard InChI is InChI=1S/C32H28O5/c1-2-33-24-13-15-25(16-14-24)36-21-37-26-19-34-29-17-11-22-7-3-5-9-27(22)31(29)32-28-10-6-4-8-23(28)12-18-30(32)35-20-26/h3-18,26H,2,19-21H2,1H3. The van der Waals surface area contributed by atoms with Gasteiger partial charge in [-0.2, -0.15) is 0 Å². The van der Waals surface area contributed by atoms with Crippen LogP contribution in [0.1, 0.15) is 6.92 Å². The summed E-state index contributed by atoms with van der Waals surface area (Å²) in [5.41, 5.74) is 2.08. The van der Waals surface area contributed by atoms with Crippen molar-refractivity contribution < 1.29 is 23.7 Å². The van der Waals surface area contributed by atoms with Gasteiger partial charge in [0.05, 0.1) is 6.61 Å². The first-order chi connectivity index (χ1) is 18.3. The zero-order valence-electron chi connectivity index (χ0n) is 20.7. The minimum absolute atomic E-state index is 0.0839. The Labute approximate surface area is 216 Å². The third-order valence-electron chi connectivity index (χ3n) is 6.55. The molecule has 0 fully saturated rings. The molecule has 5 heteroatoms. The van der Waals surface area contributed by atoms with E-state index in [1.54, 1.807) is 0 Å².